The Morgan fingerprint density at radius 1 is 1.32 bits per heavy atom. The van der Waals surface area contributed by atoms with Crippen LogP contribution in [0.15, 0.2) is 18.2 Å². The van der Waals surface area contributed by atoms with Crippen LogP contribution in [0.1, 0.15) is 16.8 Å². The number of hydrogen-bond acceptors (Lipinski definition) is 5. The van der Waals surface area contributed by atoms with E-state index >= 15 is 0 Å². The number of rotatable bonds is 2. The molecule has 19 heavy (non-hydrogen) atoms. The predicted octanol–water partition coefficient (Wildman–Crippen LogP) is -0.125. The van der Waals surface area contributed by atoms with E-state index in [4.69, 9.17) is 0 Å². The van der Waals surface area contributed by atoms with Crippen LogP contribution in [-0.2, 0) is 9.84 Å². The van der Waals surface area contributed by atoms with Crippen molar-refractivity contribution >= 4 is 26.8 Å². The predicted molar refractivity (Wildman–Crippen MR) is 68.4 cm³/mol. The van der Waals surface area contributed by atoms with Crippen LogP contribution in [0.25, 0.3) is 11.0 Å². The van der Waals surface area contributed by atoms with Crippen LogP contribution in [0.3, 0.4) is 0 Å². The molecule has 0 saturated carbocycles. The maximum Gasteiger partial charge on any atom is 0.251 e. The third kappa shape index (κ3) is 2.43. The number of benzene rings is 1. The third-order valence-corrected chi connectivity index (χ3v) is 4.91. The van der Waals surface area contributed by atoms with E-state index in [0.29, 0.717) is 23.0 Å². The zero-order chi connectivity index (χ0) is 13.5. The van der Waals surface area contributed by atoms with Crippen molar-refractivity contribution in [3.05, 3.63) is 23.8 Å². The molecule has 1 fully saturated rings. The average Bonchev–Trinajstić information content (AvgIpc) is 2.94. The van der Waals surface area contributed by atoms with Crippen molar-refractivity contribution in [2.45, 2.75) is 12.5 Å². The highest BCUT2D eigenvalue weighted by Crippen LogP contribution is 2.14. The van der Waals surface area contributed by atoms with E-state index in [1.165, 1.54) is 0 Å². The Labute approximate surface area is 109 Å². The first kappa shape index (κ1) is 12.1. The van der Waals surface area contributed by atoms with Crippen LogP contribution >= 0.6 is 0 Å². The lowest BCUT2D eigenvalue weighted by Crippen LogP contribution is -2.35. The highest BCUT2D eigenvalue weighted by molar-refractivity contribution is 7.91. The van der Waals surface area contributed by atoms with E-state index in [9.17, 15) is 13.2 Å². The molecule has 1 aliphatic heterocycles. The van der Waals surface area contributed by atoms with Gasteiger partial charge in [0.1, 0.15) is 11.0 Å². The number of aromatic nitrogens is 3. The summed E-state index contributed by atoms with van der Waals surface area (Å²) in [6.07, 6.45) is 0.472. The number of carbonyl (C=O) groups is 1. The van der Waals surface area contributed by atoms with Crippen LogP contribution < -0.4 is 5.32 Å². The van der Waals surface area contributed by atoms with Crippen molar-refractivity contribution in [2.75, 3.05) is 11.5 Å². The minimum Gasteiger partial charge on any atom is -0.348 e. The Bertz CT molecular complexity index is 737. The first-order valence-corrected chi connectivity index (χ1v) is 7.67. The molecule has 0 bridgehead atoms. The molecular formula is C11H12N4O3S. The smallest absolute Gasteiger partial charge is 0.251 e. The van der Waals surface area contributed by atoms with Gasteiger partial charge in [-0.1, -0.05) is 0 Å². The van der Waals surface area contributed by atoms with Crippen LogP contribution in [0.5, 0.6) is 0 Å². The lowest BCUT2D eigenvalue weighted by Gasteiger charge is -2.10. The van der Waals surface area contributed by atoms with Crippen LogP contribution in [-0.4, -0.2) is 47.3 Å². The molecule has 0 radical (unpaired) electrons. The van der Waals surface area contributed by atoms with Crippen molar-refractivity contribution in [3.63, 3.8) is 0 Å². The van der Waals surface area contributed by atoms with Gasteiger partial charge >= 0.3 is 0 Å². The van der Waals surface area contributed by atoms with Gasteiger partial charge in [0, 0.05) is 11.6 Å². The zero-order valence-electron chi connectivity index (χ0n) is 9.96. The number of nitrogens with one attached hydrogen (secondary N) is 2. The minimum atomic E-state index is -2.99. The molecule has 2 aromatic rings. The minimum absolute atomic E-state index is 0.0188. The number of hydrogen-bond donors (Lipinski definition) is 2. The van der Waals surface area contributed by atoms with Gasteiger partial charge in [0.25, 0.3) is 5.91 Å². The molecule has 2 heterocycles. The Morgan fingerprint density at radius 3 is 2.84 bits per heavy atom. The van der Waals surface area contributed by atoms with Gasteiger partial charge in [0.15, 0.2) is 9.84 Å². The average molecular weight is 280 g/mol. The Kier molecular flexibility index (Phi) is 2.74. The second-order valence-electron chi connectivity index (χ2n) is 4.60. The first-order valence-electron chi connectivity index (χ1n) is 5.85. The summed E-state index contributed by atoms with van der Waals surface area (Å²) >= 11 is 0. The number of amides is 1. The molecule has 1 amide bonds. The van der Waals surface area contributed by atoms with Gasteiger partial charge in [-0.2, -0.15) is 15.4 Å². The summed E-state index contributed by atoms with van der Waals surface area (Å²) in [5.41, 5.74) is 1.73. The van der Waals surface area contributed by atoms with E-state index in [-0.39, 0.29) is 23.5 Å². The molecule has 100 valence electrons. The van der Waals surface area contributed by atoms with Crippen molar-refractivity contribution in [1.29, 1.82) is 0 Å². The maximum atomic E-state index is 12.0. The van der Waals surface area contributed by atoms with Crippen LogP contribution in [0.2, 0.25) is 0 Å². The van der Waals surface area contributed by atoms with E-state index in [2.05, 4.69) is 20.7 Å². The van der Waals surface area contributed by atoms with Gasteiger partial charge in [0.2, 0.25) is 0 Å². The first-order chi connectivity index (χ1) is 9.03. The molecule has 1 aromatic carbocycles. The second kappa shape index (κ2) is 4.30. The fourth-order valence-electron chi connectivity index (χ4n) is 2.16. The summed E-state index contributed by atoms with van der Waals surface area (Å²) in [6, 6.07) is 4.66. The SMILES string of the molecule is O=C(NC1CCS(=O)(=O)C1)c1ccc2n[nH]nc2c1. The highest BCUT2D eigenvalue weighted by atomic mass is 32.2. The number of aromatic amines is 1. The van der Waals surface area contributed by atoms with Crippen molar-refractivity contribution in [3.8, 4) is 0 Å². The summed E-state index contributed by atoms with van der Waals surface area (Å²) in [5, 5.41) is 13.0. The zero-order valence-corrected chi connectivity index (χ0v) is 10.8. The number of nitrogens with zero attached hydrogens (tertiary/aromatic N) is 2. The van der Waals surface area contributed by atoms with Crippen LogP contribution in [0, 0.1) is 0 Å². The van der Waals surface area contributed by atoms with Gasteiger partial charge in [-0.25, -0.2) is 8.42 Å². The summed E-state index contributed by atoms with van der Waals surface area (Å²) < 4.78 is 22.7. The fraction of sp³-hybridized carbons (Fsp3) is 0.364. The molecule has 3 rings (SSSR count). The summed E-state index contributed by atoms with van der Waals surface area (Å²) in [4.78, 5) is 12.0. The monoisotopic (exact) mass is 280 g/mol. The fourth-order valence-corrected chi connectivity index (χ4v) is 3.83. The number of H-pyrrole nitrogens is 1. The van der Waals surface area contributed by atoms with Crippen molar-refractivity contribution in [2.24, 2.45) is 0 Å². The standard InChI is InChI=1S/C11H12N4O3S/c16-11(12-8-3-4-19(17,18)6-8)7-1-2-9-10(5-7)14-15-13-9/h1-2,5,8H,3-4,6H2,(H,12,16)(H,13,14,15). The normalized spacial score (nSPS) is 21.6. The molecule has 1 aliphatic rings. The van der Waals surface area contributed by atoms with Gasteiger partial charge in [-0.3, -0.25) is 4.79 Å². The van der Waals surface area contributed by atoms with Crippen molar-refractivity contribution in [1.82, 2.24) is 20.7 Å². The molecule has 1 unspecified atom stereocenters. The Morgan fingerprint density at radius 2 is 2.11 bits per heavy atom. The van der Waals surface area contributed by atoms with E-state index < -0.39 is 9.84 Å². The van der Waals surface area contributed by atoms with Gasteiger partial charge in [-0.05, 0) is 24.6 Å². The molecule has 0 aliphatic carbocycles. The molecule has 1 saturated heterocycles. The number of carbonyl (C=O) groups excluding carboxylic acids is 1. The quantitative estimate of drug-likeness (QED) is 0.797. The molecule has 1 atom stereocenters. The highest BCUT2D eigenvalue weighted by Gasteiger charge is 2.29. The van der Waals surface area contributed by atoms with Gasteiger partial charge < -0.3 is 5.32 Å². The lowest BCUT2D eigenvalue weighted by atomic mass is 10.1. The molecular weight excluding hydrogens is 268 g/mol. The van der Waals surface area contributed by atoms with Gasteiger partial charge in [0.05, 0.1) is 11.5 Å². The lowest BCUT2D eigenvalue weighted by molar-refractivity contribution is 0.0941. The topological polar surface area (TPSA) is 105 Å². The molecule has 1 aromatic heterocycles. The molecule has 8 heteroatoms. The summed E-state index contributed by atoms with van der Waals surface area (Å²) in [7, 11) is -2.99. The molecule has 2 N–H and O–H groups in total. The van der Waals surface area contributed by atoms with Crippen molar-refractivity contribution < 1.29 is 13.2 Å². The Hall–Kier alpha value is -1.96. The van der Waals surface area contributed by atoms with E-state index in [0.717, 1.165) is 0 Å². The molecule has 0 spiro atoms. The second-order valence-corrected chi connectivity index (χ2v) is 6.83. The van der Waals surface area contributed by atoms with Crippen LogP contribution in [0.4, 0.5) is 0 Å². The summed E-state index contributed by atoms with van der Waals surface area (Å²) in [5.74, 6) is -0.127. The largest absolute Gasteiger partial charge is 0.348 e. The van der Waals surface area contributed by atoms with E-state index in [1.807, 2.05) is 0 Å². The Balaban J connectivity index is 1.76. The number of fused-ring (bicyclic) bond motifs is 1. The van der Waals surface area contributed by atoms with Gasteiger partial charge in [-0.15, -0.1) is 0 Å². The third-order valence-electron chi connectivity index (χ3n) is 3.15. The summed E-state index contributed by atoms with van der Waals surface area (Å²) in [6.45, 7) is 0. The molecule has 7 nitrogen and oxygen atoms in total. The van der Waals surface area contributed by atoms with E-state index in [1.54, 1.807) is 18.2 Å². The maximum absolute atomic E-state index is 12.0. The number of sulfone groups is 1.